The summed E-state index contributed by atoms with van der Waals surface area (Å²) in [6.45, 7) is 0.0626. The van der Waals surface area contributed by atoms with Gasteiger partial charge in [-0.15, -0.1) is 0 Å². The number of rotatable bonds is 3. The molecular weight excluding hydrogens is 337 g/mol. The van der Waals surface area contributed by atoms with Crippen molar-refractivity contribution < 1.29 is 13.9 Å². The second-order valence-electron chi connectivity index (χ2n) is 3.66. The van der Waals surface area contributed by atoms with Crippen LogP contribution in [0.3, 0.4) is 0 Å². The summed E-state index contributed by atoms with van der Waals surface area (Å²) in [7, 11) is 0. The van der Waals surface area contributed by atoms with Crippen molar-refractivity contribution in [1.29, 1.82) is 0 Å². The van der Waals surface area contributed by atoms with Crippen molar-refractivity contribution in [2.24, 2.45) is 0 Å². The largest absolute Gasteiger partial charge is 0.457 e. The van der Waals surface area contributed by atoms with Crippen molar-refractivity contribution in [2.75, 3.05) is 0 Å². The summed E-state index contributed by atoms with van der Waals surface area (Å²) < 4.78 is 18.9. The Labute approximate surface area is 122 Å². The molecule has 0 bridgehead atoms. The summed E-state index contributed by atoms with van der Waals surface area (Å²) >= 11 is 9.06. The lowest BCUT2D eigenvalue weighted by atomic mass is 10.2. The van der Waals surface area contributed by atoms with Crippen LogP contribution in [-0.4, -0.2) is 11.0 Å². The first-order valence-electron chi connectivity index (χ1n) is 5.29. The Balaban J connectivity index is 2.10. The van der Waals surface area contributed by atoms with E-state index in [4.69, 9.17) is 16.3 Å². The summed E-state index contributed by atoms with van der Waals surface area (Å²) in [6.07, 6.45) is 0.937. The highest BCUT2D eigenvalue weighted by molar-refractivity contribution is 9.10. The maximum Gasteiger partial charge on any atom is 0.341 e. The summed E-state index contributed by atoms with van der Waals surface area (Å²) in [5.41, 5.74) is 0.713. The molecule has 0 saturated heterocycles. The van der Waals surface area contributed by atoms with Gasteiger partial charge in [-0.1, -0.05) is 45.7 Å². The van der Waals surface area contributed by atoms with E-state index in [-0.39, 0.29) is 17.3 Å². The Hall–Kier alpha value is -1.46. The zero-order chi connectivity index (χ0) is 13.8. The lowest BCUT2D eigenvalue weighted by Gasteiger charge is -2.07. The number of carbonyl (C=O) groups excluding carboxylic acids is 1. The van der Waals surface area contributed by atoms with Gasteiger partial charge in [0.1, 0.15) is 17.6 Å². The van der Waals surface area contributed by atoms with E-state index in [1.54, 1.807) is 0 Å². The summed E-state index contributed by atoms with van der Waals surface area (Å²) in [5, 5.41) is -0.0847. The molecule has 1 aromatic carbocycles. The first-order chi connectivity index (χ1) is 9.08. The first-order valence-corrected chi connectivity index (χ1v) is 6.46. The van der Waals surface area contributed by atoms with Crippen LogP contribution in [0.2, 0.25) is 5.15 Å². The van der Waals surface area contributed by atoms with Crippen molar-refractivity contribution >= 4 is 33.5 Å². The summed E-state index contributed by atoms with van der Waals surface area (Å²) in [4.78, 5) is 15.3. The zero-order valence-electron chi connectivity index (χ0n) is 9.57. The van der Waals surface area contributed by atoms with E-state index in [1.807, 2.05) is 24.3 Å². The van der Waals surface area contributed by atoms with Crippen LogP contribution < -0.4 is 0 Å². The Kier molecular flexibility index (Phi) is 4.50. The fourth-order valence-electron chi connectivity index (χ4n) is 1.40. The Bertz CT molecular complexity index is 621. The molecule has 3 nitrogen and oxygen atoms in total. The predicted molar refractivity (Wildman–Crippen MR) is 72.5 cm³/mol. The second kappa shape index (κ2) is 6.12. The molecule has 0 unspecified atom stereocenters. The van der Waals surface area contributed by atoms with Crippen LogP contribution in [0.4, 0.5) is 4.39 Å². The van der Waals surface area contributed by atoms with Gasteiger partial charge >= 0.3 is 5.97 Å². The maximum absolute atomic E-state index is 13.0. The van der Waals surface area contributed by atoms with Crippen molar-refractivity contribution in [3.05, 3.63) is 63.1 Å². The number of nitrogens with zero attached hydrogens (tertiary/aromatic N) is 1. The number of esters is 1. The average Bonchev–Trinajstić information content (AvgIpc) is 2.40. The smallest absolute Gasteiger partial charge is 0.341 e. The second-order valence-corrected chi connectivity index (χ2v) is 4.87. The molecule has 0 aliphatic heterocycles. The van der Waals surface area contributed by atoms with E-state index >= 15 is 0 Å². The van der Waals surface area contributed by atoms with Crippen molar-refractivity contribution in [3.63, 3.8) is 0 Å². The first kappa shape index (κ1) is 14.0. The van der Waals surface area contributed by atoms with Gasteiger partial charge in [0.25, 0.3) is 0 Å². The summed E-state index contributed by atoms with van der Waals surface area (Å²) in [6, 6.07) is 8.31. The van der Waals surface area contributed by atoms with Gasteiger partial charge in [0, 0.05) is 10.0 Å². The minimum Gasteiger partial charge on any atom is -0.457 e. The minimum absolute atomic E-state index is 0.0626. The molecule has 0 amide bonds. The van der Waals surface area contributed by atoms with Crippen LogP contribution in [-0.2, 0) is 11.3 Å². The van der Waals surface area contributed by atoms with Gasteiger partial charge in [-0.25, -0.2) is 14.2 Å². The lowest BCUT2D eigenvalue weighted by Crippen LogP contribution is -2.07. The molecule has 0 fully saturated rings. The molecule has 98 valence electrons. The quantitative estimate of drug-likeness (QED) is 0.624. The third-order valence-electron chi connectivity index (χ3n) is 2.34. The molecule has 0 radical (unpaired) electrons. The van der Waals surface area contributed by atoms with Gasteiger partial charge in [0.05, 0.1) is 11.8 Å². The molecular formula is C13H8BrClFNO2. The third kappa shape index (κ3) is 3.52. The third-order valence-corrected chi connectivity index (χ3v) is 3.42. The van der Waals surface area contributed by atoms with Gasteiger partial charge in [0.15, 0.2) is 0 Å². The van der Waals surface area contributed by atoms with Crippen molar-refractivity contribution in [3.8, 4) is 0 Å². The van der Waals surface area contributed by atoms with Crippen LogP contribution >= 0.6 is 27.5 Å². The van der Waals surface area contributed by atoms with E-state index in [2.05, 4.69) is 20.9 Å². The number of hydrogen-bond donors (Lipinski definition) is 0. The molecule has 0 saturated carbocycles. The van der Waals surface area contributed by atoms with Crippen LogP contribution in [0.25, 0.3) is 0 Å². The molecule has 0 atom stereocenters. The molecule has 1 aromatic heterocycles. The number of hydrogen-bond acceptors (Lipinski definition) is 3. The van der Waals surface area contributed by atoms with Gasteiger partial charge < -0.3 is 4.74 Å². The molecule has 0 spiro atoms. The van der Waals surface area contributed by atoms with E-state index in [9.17, 15) is 9.18 Å². The number of halogens is 3. The SMILES string of the molecule is O=C(OCc1ccccc1Br)c1cc(F)cnc1Cl. The molecule has 0 aliphatic carbocycles. The van der Waals surface area contributed by atoms with Gasteiger partial charge in [-0.3, -0.25) is 0 Å². The summed E-state index contributed by atoms with van der Waals surface area (Å²) in [5.74, 6) is -1.36. The van der Waals surface area contributed by atoms with E-state index in [0.29, 0.717) is 0 Å². The standard InChI is InChI=1S/C13H8BrClFNO2/c14-11-4-2-1-3-8(11)7-19-13(18)10-5-9(16)6-17-12(10)15/h1-6H,7H2. The molecule has 0 aliphatic rings. The number of ether oxygens (including phenoxy) is 1. The maximum atomic E-state index is 13.0. The fourth-order valence-corrected chi connectivity index (χ4v) is 1.98. The topological polar surface area (TPSA) is 39.2 Å². The normalized spacial score (nSPS) is 10.3. The highest BCUT2D eigenvalue weighted by Gasteiger charge is 2.14. The number of carbonyl (C=O) groups is 1. The molecule has 19 heavy (non-hydrogen) atoms. The zero-order valence-corrected chi connectivity index (χ0v) is 11.9. The van der Waals surface area contributed by atoms with Crippen LogP contribution in [0.1, 0.15) is 15.9 Å². The van der Waals surface area contributed by atoms with Crippen LogP contribution in [0, 0.1) is 5.82 Å². The van der Waals surface area contributed by atoms with Gasteiger partial charge in [-0.2, -0.15) is 0 Å². The van der Waals surface area contributed by atoms with E-state index in [0.717, 1.165) is 22.3 Å². The minimum atomic E-state index is -0.715. The molecule has 0 N–H and O–H groups in total. The monoisotopic (exact) mass is 343 g/mol. The number of aromatic nitrogens is 1. The Morgan fingerprint density at radius 1 is 1.42 bits per heavy atom. The van der Waals surface area contributed by atoms with Crippen LogP contribution in [0.5, 0.6) is 0 Å². The number of benzene rings is 1. The van der Waals surface area contributed by atoms with Crippen molar-refractivity contribution in [2.45, 2.75) is 6.61 Å². The molecule has 2 rings (SSSR count). The lowest BCUT2D eigenvalue weighted by molar-refractivity contribution is 0.0471. The molecule has 1 heterocycles. The number of pyridine rings is 1. The van der Waals surface area contributed by atoms with E-state index < -0.39 is 11.8 Å². The van der Waals surface area contributed by atoms with Gasteiger partial charge in [0.2, 0.25) is 0 Å². The van der Waals surface area contributed by atoms with Gasteiger partial charge in [-0.05, 0) is 12.1 Å². The van der Waals surface area contributed by atoms with E-state index in [1.165, 1.54) is 0 Å². The highest BCUT2D eigenvalue weighted by Crippen LogP contribution is 2.19. The predicted octanol–water partition coefficient (Wildman–Crippen LogP) is 3.99. The highest BCUT2D eigenvalue weighted by atomic mass is 79.9. The molecule has 2 aromatic rings. The molecule has 6 heteroatoms. The Morgan fingerprint density at radius 2 is 2.16 bits per heavy atom. The fraction of sp³-hybridized carbons (Fsp3) is 0.0769. The average molecular weight is 345 g/mol. The van der Waals surface area contributed by atoms with Crippen LogP contribution in [0.15, 0.2) is 41.0 Å². The van der Waals surface area contributed by atoms with Crippen molar-refractivity contribution in [1.82, 2.24) is 4.98 Å². The Morgan fingerprint density at radius 3 is 2.89 bits per heavy atom.